The maximum atomic E-state index is 12.6. The summed E-state index contributed by atoms with van der Waals surface area (Å²) < 4.78 is 0. The molecule has 5 nitrogen and oxygen atoms in total. The van der Waals surface area contributed by atoms with E-state index in [9.17, 15) is 9.59 Å². The van der Waals surface area contributed by atoms with Crippen LogP contribution in [0.15, 0.2) is 41.8 Å². The molecular weight excluding hydrogens is 390 g/mol. The van der Waals surface area contributed by atoms with Gasteiger partial charge in [-0.1, -0.05) is 51.1 Å². The van der Waals surface area contributed by atoms with Crippen molar-refractivity contribution in [2.24, 2.45) is 5.41 Å². The number of amides is 2. The number of anilines is 1. The molecule has 2 aromatic heterocycles. The Labute approximate surface area is 172 Å². The minimum atomic E-state index is -0.485. The fourth-order valence-electron chi connectivity index (χ4n) is 2.42. The Kier molecular flexibility index (Phi) is 5.96. The van der Waals surface area contributed by atoms with Gasteiger partial charge in [0.05, 0.1) is 22.1 Å². The van der Waals surface area contributed by atoms with Crippen molar-refractivity contribution in [2.45, 2.75) is 34.2 Å². The number of nitrogens with one attached hydrogen (secondary N) is 2. The molecule has 0 saturated heterocycles. The molecule has 2 heterocycles. The largest absolute Gasteiger partial charge is 0.346 e. The van der Waals surface area contributed by atoms with E-state index in [1.54, 1.807) is 11.3 Å². The van der Waals surface area contributed by atoms with E-state index < -0.39 is 5.41 Å². The fourth-order valence-corrected chi connectivity index (χ4v) is 4.23. The number of hydrogen-bond donors (Lipinski definition) is 2. The molecule has 0 unspecified atom stereocenters. The molecule has 0 atom stereocenters. The molecule has 1 aromatic carbocycles. The summed E-state index contributed by atoms with van der Waals surface area (Å²) in [5.74, 6) is -0.232. The van der Waals surface area contributed by atoms with Gasteiger partial charge in [-0.05, 0) is 18.6 Å². The molecule has 7 heteroatoms. The molecule has 0 aliphatic heterocycles. The third-order valence-corrected chi connectivity index (χ3v) is 6.14. The van der Waals surface area contributed by atoms with Crippen LogP contribution in [0.2, 0.25) is 0 Å². The highest BCUT2D eigenvalue weighted by atomic mass is 32.1. The Morgan fingerprint density at radius 3 is 2.54 bits per heavy atom. The van der Waals surface area contributed by atoms with Gasteiger partial charge in [0.2, 0.25) is 5.91 Å². The van der Waals surface area contributed by atoms with Crippen molar-refractivity contribution in [3.8, 4) is 10.6 Å². The van der Waals surface area contributed by atoms with Gasteiger partial charge in [0, 0.05) is 16.4 Å². The van der Waals surface area contributed by atoms with Crippen LogP contribution in [0.25, 0.3) is 10.6 Å². The van der Waals surface area contributed by atoms with E-state index in [1.807, 2.05) is 69.5 Å². The number of rotatable bonds is 5. The molecule has 28 heavy (non-hydrogen) atoms. The van der Waals surface area contributed by atoms with Crippen molar-refractivity contribution in [1.29, 1.82) is 0 Å². The average Bonchev–Trinajstić information content (AvgIpc) is 3.26. The lowest BCUT2D eigenvalue weighted by atomic mass is 9.96. The lowest BCUT2D eigenvalue weighted by Crippen LogP contribution is -2.27. The van der Waals surface area contributed by atoms with Gasteiger partial charge in [0.15, 0.2) is 0 Å². The third-order valence-electron chi connectivity index (χ3n) is 4.04. The van der Waals surface area contributed by atoms with E-state index in [2.05, 4.69) is 15.6 Å². The molecule has 0 aliphatic rings. The summed E-state index contributed by atoms with van der Waals surface area (Å²) in [6.07, 6.45) is 0. The second-order valence-electron chi connectivity index (χ2n) is 7.52. The van der Waals surface area contributed by atoms with Crippen LogP contribution in [-0.4, -0.2) is 16.8 Å². The predicted molar refractivity (Wildman–Crippen MR) is 116 cm³/mol. The highest BCUT2D eigenvalue weighted by Crippen LogP contribution is 2.28. The molecule has 2 N–H and O–H groups in total. The molecule has 3 rings (SSSR count). The maximum absolute atomic E-state index is 12.6. The van der Waals surface area contributed by atoms with Crippen molar-refractivity contribution in [3.05, 3.63) is 57.9 Å². The van der Waals surface area contributed by atoms with Gasteiger partial charge in [-0.25, -0.2) is 4.98 Å². The van der Waals surface area contributed by atoms with Crippen LogP contribution in [-0.2, 0) is 11.3 Å². The smallest absolute Gasteiger partial charge is 0.262 e. The summed E-state index contributed by atoms with van der Waals surface area (Å²) >= 11 is 2.85. The third kappa shape index (κ3) is 4.85. The number of benzene rings is 1. The Bertz CT molecular complexity index is 985. The number of nitrogens with zero attached hydrogens (tertiary/aromatic N) is 1. The van der Waals surface area contributed by atoms with Crippen LogP contribution >= 0.6 is 22.7 Å². The van der Waals surface area contributed by atoms with Crippen molar-refractivity contribution in [3.63, 3.8) is 0 Å². The van der Waals surface area contributed by atoms with Crippen LogP contribution in [0, 0.1) is 12.3 Å². The van der Waals surface area contributed by atoms with E-state index in [0.29, 0.717) is 16.4 Å². The first kappa shape index (κ1) is 20.2. The van der Waals surface area contributed by atoms with Crippen molar-refractivity contribution in [2.75, 3.05) is 5.32 Å². The maximum Gasteiger partial charge on any atom is 0.262 e. The molecule has 0 saturated carbocycles. The molecule has 3 aromatic rings. The minimum Gasteiger partial charge on any atom is -0.346 e. The molecule has 0 spiro atoms. The van der Waals surface area contributed by atoms with Gasteiger partial charge in [-0.15, -0.1) is 22.7 Å². The SMILES string of the molecule is Cc1cc(NC(=O)C(C)(C)C)sc1C(=O)NCc1csc(-c2ccccc2)n1. The zero-order valence-electron chi connectivity index (χ0n) is 16.3. The summed E-state index contributed by atoms with van der Waals surface area (Å²) in [6.45, 7) is 7.80. The van der Waals surface area contributed by atoms with Crippen LogP contribution in [0.1, 0.15) is 41.7 Å². The Morgan fingerprint density at radius 2 is 1.86 bits per heavy atom. The molecule has 0 radical (unpaired) electrons. The van der Waals surface area contributed by atoms with Crippen molar-refractivity contribution < 1.29 is 9.59 Å². The van der Waals surface area contributed by atoms with E-state index in [4.69, 9.17) is 0 Å². The normalized spacial score (nSPS) is 11.3. The van der Waals surface area contributed by atoms with E-state index >= 15 is 0 Å². The molecular formula is C21H23N3O2S2. The molecule has 0 aliphatic carbocycles. The number of thiophene rings is 1. The summed E-state index contributed by atoms with van der Waals surface area (Å²) in [5, 5.41) is 9.38. The monoisotopic (exact) mass is 413 g/mol. The summed E-state index contributed by atoms with van der Waals surface area (Å²) in [6, 6.07) is 11.8. The van der Waals surface area contributed by atoms with Gasteiger partial charge >= 0.3 is 0 Å². The first-order chi connectivity index (χ1) is 13.2. The lowest BCUT2D eigenvalue weighted by Gasteiger charge is -2.16. The van der Waals surface area contributed by atoms with Crippen molar-refractivity contribution >= 4 is 39.5 Å². The Hall–Kier alpha value is -2.51. The molecule has 0 fully saturated rings. The van der Waals surface area contributed by atoms with Crippen LogP contribution in [0.3, 0.4) is 0 Å². The van der Waals surface area contributed by atoms with Gasteiger partial charge < -0.3 is 10.6 Å². The zero-order valence-corrected chi connectivity index (χ0v) is 18.0. The number of aryl methyl sites for hydroxylation is 1. The second-order valence-corrected chi connectivity index (χ2v) is 9.43. The molecule has 2 amide bonds. The summed E-state index contributed by atoms with van der Waals surface area (Å²) in [7, 11) is 0. The number of hydrogen-bond acceptors (Lipinski definition) is 5. The lowest BCUT2D eigenvalue weighted by molar-refractivity contribution is -0.123. The number of aromatic nitrogens is 1. The van der Waals surface area contributed by atoms with Gasteiger partial charge in [0.1, 0.15) is 5.01 Å². The Balaban J connectivity index is 1.63. The quantitative estimate of drug-likeness (QED) is 0.612. The van der Waals surface area contributed by atoms with Crippen molar-refractivity contribution in [1.82, 2.24) is 10.3 Å². The highest BCUT2D eigenvalue weighted by molar-refractivity contribution is 7.18. The van der Waals surface area contributed by atoms with Gasteiger partial charge in [-0.2, -0.15) is 0 Å². The number of thiazole rings is 1. The van der Waals surface area contributed by atoms with Gasteiger partial charge in [0.25, 0.3) is 5.91 Å². The van der Waals surface area contributed by atoms with Crippen LogP contribution < -0.4 is 10.6 Å². The average molecular weight is 414 g/mol. The minimum absolute atomic E-state index is 0.0726. The molecule has 0 bridgehead atoms. The first-order valence-electron chi connectivity index (χ1n) is 8.94. The topological polar surface area (TPSA) is 71.1 Å². The first-order valence-corrected chi connectivity index (χ1v) is 10.6. The molecule has 146 valence electrons. The Morgan fingerprint density at radius 1 is 1.14 bits per heavy atom. The number of carbonyl (C=O) groups excluding carboxylic acids is 2. The van der Waals surface area contributed by atoms with Gasteiger partial charge in [-0.3, -0.25) is 9.59 Å². The van der Waals surface area contributed by atoms with E-state index in [-0.39, 0.29) is 11.8 Å². The van der Waals surface area contributed by atoms with Crippen LogP contribution in [0.5, 0.6) is 0 Å². The van der Waals surface area contributed by atoms with E-state index in [0.717, 1.165) is 21.8 Å². The standard InChI is InChI=1S/C21H23N3O2S2/c1-13-10-16(24-20(26)21(2,3)4)28-17(13)18(25)22-11-15-12-27-19(23-15)14-8-6-5-7-9-14/h5-10,12H,11H2,1-4H3,(H,22,25)(H,24,26). The van der Waals surface area contributed by atoms with Crippen LogP contribution in [0.4, 0.5) is 5.00 Å². The summed E-state index contributed by atoms with van der Waals surface area (Å²) in [4.78, 5) is 29.9. The van der Waals surface area contributed by atoms with E-state index in [1.165, 1.54) is 11.3 Å². The predicted octanol–water partition coefficient (Wildman–Crippen LogP) is 5.09. The second kappa shape index (κ2) is 8.24. The fraction of sp³-hybridized carbons (Fsp3) is 0.286. The summed E-state index contributed by atoms with van der Waals surface area (Å²) in [5.41, 5.74) is 2.25. The number of carbonyl (C=O) groups is 2. The highest BCUT2D eigenvalue weighted by Gasteiger charge is 2.23. The zero-order chi connectivity index (χ0) is 20.3.